The summed E-state index contributed by atoms with van der Waals surface area (Å²) in [5.41, 5.74) is 12.7. The van der Waals surface area contributed by atoms with E-state index in [-0.39, 0.29) is 5.41 Å². The lowest BCUT2D eigenvalue weighted by atomic mass is 9.72. The molecule has 2 aromatic heterocycles. The fourth-order valence-corrected chi connectivity index (χ4v) is 5.35. The van der Waals surface area contributed by atoms with Crippen molar-refractivity contribution in [3.8, 4) is 22.5 Å². The maximum Gasteiger partial charge on any atom is 0.0702 e. The molecule has 0 bridgehead atoms. The lowest BCUT2D eigenvalue weighted by molar-refractivity contribution is 0.630. The van der Waals surface area contributed by atoms with Crippen molar-refractivity contribution in [1.82, 2.24) is 9.97 Å². The van der Waals surface area contributed by atoms with Crippen molar-refractivity contribution in [2.24, 2.45) is 0 Å². The number of anilines is 3. The molecular formula is C33H29N3. The highest BCUT2D eigenvalue weighted by Gasteiger charge is 2.37. The fourth-order valence-electron chi connectivity index (χ4n) is 5.35. The zero-order valence-corrected chi connectivity index (χ0v) is 21.2. The van der Waals surface area contributed by atoms with Gasteiger partial charge in [-0.3, -0.25) is 9.97 Å². The maximum atomic E-state index is 4.67. The first-order valence-corrected chi connectivity index (χ1v) is 12.4. The molecule has 3 aromatic carbocycles. The number of benzene rings is 3. The van der Waals surface area contributed by atoms with Gasteiger partial charge in [-0.15, -0.1) is 0 Å². The van der Waals surface area contributed by atoms with Crippen LogP contribution in [0.1, 0.15) is 36.1 Å². The highest BCUT2D eigenvalue weighted by molar-refractivity contribution is 5.89. The first kappa shape index (κ1) is 22.2. The summed E-state index contributed by atoms with van der Waals surface area (Å²) >= 11 is 0. The summed E-state index contributed by atoms with van der Waals surface area (Å²) in [5.74, 6) is 0. The van der Waals surface area contributed by atoms with E-state index in [1.807, 2.05) is 36.7 Å². The number of aryl methyl sites for hydroxylation is 2. The fraction of sp³-hybridized carbons (Fsp3) is 0.152. The summed E-state index contributed by atoms with van der Waals surface area (Å²) in [6.45, 7) is 9.02. The van der Waals surface area contributed by atoms with E-state index < -0.39 is 0 Å². The number of hydrogen-bond donors (Lipinski definition) is 0. The zero-order chi connectivity index (χ0) is 24.9. The van der Waals surface area contributed by atoms with Crippen LogP contribution in [0.2, 0.25) is 0 Å². The molecule has 0 aliphatic carbocycles. The van der Waals surface area contributed by atoms with Crippen molar-refractivity contribution >= 4 is 17.1 Å². The van der Waals surface area contributed by atoms with Crippen molar-refractivity contribution in [2.45, 2.75) is 33.1 Å². The molecule has 6 rings (SSSR count). The molecule has 5 aromatic rings. The van der Waals surface area contributed by atoms with Crippen LogP contribution in [-0.4, -0.2) is 9.97 Å². The Balaban J connectivity index is 1.65. The second kappa shape index (κ2) is 8.46. The van der Waals surface area contributed by atoms with Gasteiger partial charge in [0, 0.05) is 34.6 Å². The largest absolute Gasteiger partial charge is 0.310 e. The number of nitrogens with zero attached hydrogens (tertiary/aromatic N) is 3. The van der Waals surface area contributed by atoms with Gasteiger partial charge in [0.15, 0.2) is 0 Å². The Morgan fingerprint density at radius 2 is 1.08 bits per heavy atom. The molecule has 3 heteroatoms. The van der Waals surface area contributed by atoms with Crippen molar-refractivity contribution in [2.75, 3.05) is 4.90 Å². The normalized spacial score (nSPS) is 13.7. The van der Waals surface area contributed by atoms with Gasteiger partial charge in [0.05, 0.1) is 22.8 Å². The van der Waals surface area contributed by atoms with Gasteiger partial charge in [-0.05, 0) is 79.6 Å². The smallest absolute Gasteiger partial charge is 0.0702 e. The van der Waals surface area contributed by atoms with Crippen molar-refractivity contribution < 1.29 is 0 Å². The second-order valence-electron chi connectivity index (χ2n) is 10.2. The number of pyridine rings is 2. The molecule has 0 saturated heterocycles. The molecule has 3 heterocycles. The molecule has 0 atom stereocenters. The van der Waals surface area contributed by atoms with Gasteiger partial charge in [-0.25, -0.2) is 0 Å². The van der Waals surface area contributed by atoms with Gasteiger partial charge in [0.25, 0.3) is 0 Å². The summed E-state index contributed by atoms with van der Waals surface area (Å²) in [5, 5.41) is 0. The average molecular weight is 468 g/mol. The highest BCUT2D eigenvalue weighted by atomic mass is 15.2. The molecule has 0 amide bonds. The van der Waals surface area contributed by atoms with E-state index in [4.69, 9.17) is 0 Å². The summed E-state index contributed by atoms with van der Waals surface area (Å²) < 4.78 is 0. The lowest BCUT2D eigenvalue weighted by Crippen LogP contribution is -2.31. The summed E-state index contributed by atoms with van der Waals surface area (Å²) in [6, 6.07) is 32.4. The third-order valence-electron chi connectivity index (χ3n) is 7.23. The topological polar surface area (TPSA) is 29.0 Å². The number of fused-ring (bicyclic) bond motifs is 2. The van der Waals surface area contributed by atoms with Crippen LogP contribution in [0.5, 0.6) is 0 Å². The predicted octanol–water partition coefficient (Wildman–Crippen LogP) is 8.54. The quantitative estimate of drug-likeness (QED) is 0.266. The van der Waals surface area contributed by atoms with Crippen LogP contribution in [0, 0.1) is 13.8 Å². The average Bonchev–Trinajstić information content (AvgIpc) is 2.90. The van der Waals surface area contributed by atoms with Gasteiger partial charge in [0.2, 0.25) is 0 Å². The third kappa shape index (κ3) is 3.68. The van der Waals surface area contributed by atoms with E-state index in [0.29, 0.717) is 0 Å². The summed E-state index contributed by atoms with van der Waals surface area (Å²) in [6.07, 6.45) is 3.70. The van der Waals surface area contributed by atoms with Gasteiger partial charge in [-0.1, -0.05) is 61.4 Å². The van der Waals surface area contributed by atoms with E-state index in [1.165, 1.54) is 33.6 Å². The molecule has 0 spiro atoms. The minimum Gasteiger partial charge on any atom is -0.310 e. The standard InChI is InChI=1S/C33H29N3/c1-22-11-13-31-27(17-22)33(3,4)28-18-23(2)12-14-32(28)36(31)26-20-24(29-9-5-7-15-34-29)19-25(21-26)30-10-6-8-16-35-30/h5-21H,1-4H3. The molecule has 36 heavy (non-hydrogen) atoms. The Hall–Kier alpha value is -4.24. The zero-order valence-electron chi connectivity index (χ0n) is 21.2. The van der Waals surface area contributed by atoms with Crippen molar-refractivity contribution in [3.63, 3.8) is 0 Å². The van der Waals surface area contributed by atoms with E-state index in [2.05, 4.69) is 109 Å². The Morgan fingerprint density at radius 3 is 1.53 bits per heavy atom. The van der Waals surface area contributed by atoms with Crippen LogP contribution in [-0.2, 0) is 5.41 Å². The lowest BCUT2D eigenvalue weighted by Gasteiger charge is -2.42. The Bertz CT molecular complexity index is 1460. The molecule has 1 aliphatic rings. The third-order valence-corrected chi connectivity index (χ3v) is 7.23. The molecule has 0 fully saturated rings. The first-order chi connectivity index (χ1) is 17.4. The van der Waals surface area contributed by atoms with Crippen LogP contribution in [0.15, 0.2) is 103 Å². The molecule has 176 valence electrons. The minimum atomic E-state index is -0.110. The van der Waals surface area contributed by atoms with Crippen molar-refractivity contribution in [1.29, 1.82) is 0 Å². The Kier molecular flexibility index (Phi) is 5.22. The monoisotopic (exact) mass is 467 g/mol. The number of rotatable bonds is 3. The van der Waals surface area contributed by atoms with Crippen LogP contribution in [0.3, 0.4) is 0 Å². The molecule has 0 unspecified atom stereocenters. The molecule has 0 saturated carbocycles. The highest BCUT2D eigenvalue weighted by Crippen LogP contribution is 2.52. The summed E-state index contributed by atoms with van der Waals surface area (Å²) in [7, 11) is 0. The van der Waals surface area contributed by atoms with Gasteiger partial charge in [-0.2, -0.15) is 0 Å². The van der Waals surface area contributed by atoms with E-state index >= 15 is 0 Å². The first-order valence-electron chi connectivity index (χ1n) is 12.4. The molecule has 0 radical (unpaired) electrons. The summed E-state index contributed by atoms with van der Waals surface area (Å²) in [4.78, 5) is 11.7. The van der Waals surface area contributed by atoms with E-state index in [1.54, 1.807) is 0 Å². The second-order valence-corrected chi connectivity index (χ2v) is 10.2. The molecule has 1 aliphatic heterocycles. The van der Waals surface area contributed by atoms with Gasteiger partial charge in [0.1, 0.15) is 0 Å². The Morgan fingerprint density at radius 1 is 0.583 bits per heavy atom. The number of hydrogen-bond acceptors (Lipinski definition) is 3. The van der Waals surface area contributed by atoms with E-state index in [0.717, 1.165) is 28.2 Å². The molecule has 0 N–H and O–H groups in total. The SMILES string of the molecule is Cc1ccc2c(c1)C(C)(C)c1cc(C)ccc1N2c1cc(-c2ccccn2)cc(-c2ccccn2)c1. The maximum absolute atomic E-state index is 4.67. The van der Waals surface area contributed by atoms with Gasteiger partial charge < -0.3 is 4.90 Å². The van der Waals surface area contributed by atoms with Gasteiger partial charge >= 0.3 is 0 Å². The van der Waals surface area contributed by atoms with Crippen LogP contribution < -0.4 is 4.90 Å². The molecular weight excluding hydrogens is 438 g/mol. The number of aromatic nitrogens is 2. The minimum absolute atomic E-state index is 0.110. The van der Waals surface area contributed by atoms with E-state index in [9.17, 15) is 0 Å². The van der Waals surface area contributed by atoms with Crippen LogP contribution in [0.25, 0.3) is 22.5 Å². The van der Waals surface area contributed by atoms with Crippen molar-refractivity contribution in [3.05, 3.63) is 126 Å². The van der Waals surface area contributed by atoms with Crippen LogP contribution in [0.4, 0.5) is 17.1 Å². The molecule has 3 nitrogen and oxygen atoms in total. The predicted molar refractivity (Wildman–Crippen MR) is 149 cm³/mol. The van der Waals surface area contributed by atoms with Crippen LogP contribution >= 0.6 is 0 Å². The Labute approximate surface area is 213 Å².